The molecule has 1 amide bonds. The van der Waals surface area contributed by atoms with Crippen LogP contribution in [0.25, 0.3) is 11.1 Å². The van der Waals surface area contributed by atoms with E-state index in [-0.39, 0.29) is 41.6 Å². The number of nitrogens with zero attached hydrogens (tertiary/aromatic N) is 2. The predicted octanol–water partition coefficient (Wildman–Crippen LogP) is 4.29. The monoisotopic (exact) mass is 505 g/mol. The normalized spacial score (nSPS) is 10.6. The second-order valence-corrected chi connectivity index (χ2v) is 7.96. The number of aryl methyl sites for hydroxylation is 2. The quantitative estimate of drug-likeness (QED) is 0.211. The number of ether oxygens (including phenoxy) is 3. The van der Waals surface area contributed by atoms with Crippen LogP contribution in [-0.2, 0) is 9.53 Å². The fourth-order valence-corrected chi connectivity index (χ4v) is 3.46. The summed E-state index contributed by atoms with van der Waals surface area (Å²) in [6.45, 7) is 5.24. The van der Waals surface area contributed by atoms with Crippen LogP contribution in [0.1, 0.15) is 28.6 Å². The molecular formula is C26H27N5O6. The van der Waals surface area contributed by atoms with Crippen LogP contribution in [0.5, 0.6) is 11.5 Å². The molecule has 0 atom stereocenters. The first-order valence-corrected chi connectivity index (χ1v) is 11.5. The summed E-state index contributed by atoms with van der Waals surface area (Å²) in [5.74, 6) is 0.776. The van der Waals surface area contributed by atoms with Crippen molar-refractivity contribution in [3.8, 4) is 11.5 Å². The molecule has 2 heterocycles. The van der Waals surface area contributed by atoms with Gasteiger partial charge < -0.3 is 23.9 Å². The average molecular weight is 506 g/mol. The van der Waals surface area contributed by atoms with Crippen molar-refractivity contribution in [2.24, 2.45) is 0 Å². The van der Waals surface area contributed by atoms with Gasteiger partial charge in [-0.1, -0.05) is 17.7 Å². The third-order valence-corrected chi connectivity index (χ3v) is 5.26. The van der Waals surface area contributed by atoms with Gasteiger partial charge in [-0.05, 0) is 57.2 Å². The van der Waals surface area contributed by atoms with Crippen molar-refractivity contribution in [3.63, 3.8) is 0 Å². The van der Waals surface area contributed by atoms with Gasteiger partial charge in [0, 0.05) is 5.69 Å². The van der Waals surface area contributed by atoms with Crippen molar-refractivity contribution >= 4 is 40.4 Å². The Bertz CT molecular complexity index is 1400. The van der Waals surface area contributed by atoms with E-state index in [0.29, 0.717) is 17.3 Å². The van der Waals surface area contributed by atoms with E-state index in [1.165, 1.54) is 0 Å². The van der Waals surface area contributed by atoms with Gasteiger partial charge in [-0.3, -0.25) is 15.6 Å². The zero-order valence-corrected chi connectivity index (χ0v) is 20.9. The van der Waals surface area contributed by atoms with Crippen LogP contribution in [0, 0.1) is 13.8 Å². The minimum Gasteiger partial charge on any atom is -0.497 e. The van der Waals surface area contributed by atoms with Gasteiger partial charge in [0.2, 0.25) is 11.7 Å². The van der Waals surface area contributed by atoms with Crippen molar-refractivity contribution in [2.75, 3.05) is 31.1 Å². The van der Waals surface area contributed by atoms with Crippen molar-refractivity contribution < 1.29 is 28.2 Å². The lowest BCUT2D eigenvalue weighted by Gasteiger charge is -2.12. The van der Waals surface area contributed by atoms with Crippen LogP contribution >= 0.6 is 0 Å². The highest BCUT2D eigenvalue weighted by Crippen LogP contribution is 2.32. The van der Waals surface area contributed by atoms with E-state index in [1.54, 1.807) is 45.2 Å². The number of hydrogen-bond donors (Lipinski definition) is 3. The van der Waals surface area contributed by atoms with Crippen molar-refractivity contribution in [3.05, 3.63) is 65.4 Å². The van der Waals surface area contributed by atoms with Crippen molar-refractivity contribution in [1.82, 2.24) is 15.4 Å². The summed E-state index contributed by atoms with van der Waals surface area (Å²) in [6.07, 6.45) is 0. The molecule has 4 aromatic rings. The molecule has 0 fully saturated rings. The summed E-state index contributed by atoms with van der Waals surface area (Å²) in [5, 5.41) is 3.38. The van der Waals surface area contributed by atoms with Crippen LogP contribution in [0.3, 0.4) is 0 Å². The lowest BCUT2D eigenvalue weighted by Crippen LogP contribution is -2.34. The smallest absolute Gasteiger partial charge is 0.342 e. The number of carbonyl (C=O) groups is 2. The molecule has 0 aliphatic rings. The molecule has 4 rings (SSSR count). The first kappa shape index (κ1) is 25.3. The standard InChI is InChI=1S/C26H27N5O6/c1-5-35-25(33)21-16(3)37-24-22(21)23(28-26(29-24)27-17-8-6-15(2)7-9-17)31-30-20(32)14-36-19-12-10-18(34-4)11-13-19/h6-13H,5,14H2,1-4H3,(H,30,32)(H2,27,28,29,31). The van der Waals surface area contributed by atoms with E-state index >= 15 is 0 Å². The summed E-state index contributed by atoms with van der Waals surface area (Å²) in [7, 11) is 1.57. The number of carbonyl (C=O) groups excluding carboxylic acids is 2. The highest BCUT2D eigenvalue weighted by atomic mass is 16.5. The Morgan fingerprint density at radius 1 is 0.973 bits per heavy atom. The van der Waals surface area contributed by atoms with Crippen LogP contribution < -0.4 is 25.6 Å². The van der Waals surface area contributed by atoms with Gasteiger partial charge in [-0.2, -0.15) is 9.97 Å². The first-order valence-electron chi connectivity index (χ1n) is 11.5. The molecule has 2 aromatic carbocycles. The van der Waals surface area contributed by atoms with E-state index in [0.717, 1.165) is 11.3 Å². The lowest BCUT2D eigenvalue weighted by molar-refractivity contribution is -0.122. The molecule has 0 radical (unpaired) electrons. The molecule has 0 unspecified atom stereocenters. The maximum atomic E-state index is 12.6. The molecule has 11 nitrogen and oxygen atoms in total. The first-order chi connectivity index (χ1) is 17.9. The number of furan rings is 1. The zero-order chi connectivity index (χ0) is 26.4. The van der Waals surface area contributed by atoms with Crippen LogP contribution in [-0.4, -0.2) is 42.2 Å². The van der Waals surface area contributed by atoms with Gasteiger partial charge in [0.25, 0.3) is 5.91 Å². The van der Waals surface area contributed by atoms with E-state index in [9.17, 15) is 9.59 Å². The Morgan fingerprint density at radius 3 is 2.35 bits per heavy atom. The van der Waals surface area contributed by atoms with Crippen LogP contribution in [0.2, 0.25) is 0 Å². The molecule has 11 heteroatoms. The molecular weight excluding hydrogens is 478 g/mol. The predicted molar refractivity (Wildman–Crippen MR) is 137 cm³/mol. The van der Waals surface area contributed by atoms with Gasteiger partial charge in [0.05, 0.1) is 19.1 Å². The van der Waals surface area contributed by atoms with Gasteiger partial charge in [-0.25, -0.2) is 4.79 Å². The molecule has 0 saturated heterocycles. The number of nitrogens with one attached hydrogen (secondary N) is 3. The Kier molecular flexibility index (Phi) is 7.72. The number of methoxy groups -OCH3 is 1. The number of hydrogen-bond acceptors (Lipinski definition) is 10. The molecule has 0 spiro atoms. The van der Waals surface area contributed by atoms with E-state index in [2.05, 4.69) is 26.1 Å². The van der Waals surface area contributed by atoms with Gasteiger partial charge >= 0.3 is 5.97 Å². The fraction of sp³-hybridized carbons (Fsp3) is 0.231. The number of benzene rings is 2. The number of aromatic nitrogens is 2. The summed E-state index contributed by atoms with van der Waals surface area (Å²) in [6, 6.07) is 14.5. The van der Waals surface area contributed by atoms with E-state index in [1.807, 2.05) is 31.2 Å². The fourth-order valence-electron chi connectivity index (χ4n) is 3.46. The summed E-state index contributed by atoms with van der Waals surface area (Å²) < 4.78 is 21.6. The number of fused-ring (bicyclic) bond motifs is 1. The maximum absolute atomic E-state index is 12.6. The summed E-state index contributed by atoms with van der Waals surface area (Å²) in [5.41, 5.74) is 7.48. The molecule has 192 valence electrons. The Balaban J connectivity index is 1.57. The Labute approximate surface area is 213 Å². The maximum Gasteiger partial charge on any atom is 0.342 e. The van der Waals surface area contributed by atoms with E-state index < -0.39 is 11.9 Å². The number of amides is 1. The molecule has 0 bridgehead atoms. The molecule has 0 saturated carbocycles. The second-order valence-electron chi connectivity index (χ2n) is 7.96. The minimum absolute atomic E-state index is 0.149. The average Bonchev–Trinajstić information content (AvgIpc) is 3.23. The van der Waals surface area contributed by atoms with Gasteiger partial charge in [0.15, 0.2) is 12.4 Å². The molecule has 2 aromatic heterocycles. The number of anilines is 3. The minimum atomic E-state index is -0.584. The largest absolute Gasteiger partial charge is 0.497 e. The number of hydrazine groups is 1. The zero-order valence-electron chi connectivity index (χ0n) is 20.9. The molecule has 37 heavy (non-hydrogen) atoms. The lowest BCUT2D eigenvalue weighted by atomic mass is 10.2. The van der Waals surface area contributed by atoms with Crippen LogP contribution in [0.4, 0.5) is 17.5 Å². The second kappa shape index (κ2) is 11.3. The van der Waals surface area contributed by atoms with Crippen molar-refractivity contribution in [1.29, 1.82) is 0 Å². The summed E-state index contributed by atoms with van der Waals surface area (Å²) >= 11 is 0. The van der Waals surface area contributed by atoms with Crippen LogP contribution in [0.15, 0.2) is 52.9 Å². The molecule has 0 aliphatic heterocycles. The van der Waals surface area contributed by atoms with Gasteiger partial charge in [-0.15, -0.1) is 0 Å². The third kappa shape index (κ3) is 6.07. The van der Waals surface area contributed by atoms with Crippen molar-refractivity contribution in [2.45, 2.75) is 20.8 Å². The number of esters is 1. The van der Waals surface area contributed by atoms with Gasteiger partial charge in [0.1, 0.15) is 22.8 Å². The Hall–Kier alpha value is -4.80. The molecule has 3 N–H and O–H groups in total. The highest BCUT2D eigenvalue weighted by molar-refractivity contribution is 6.08. The topological polar surface area (TPSA) is 137 Å². The van der Waals surface area contributed by atoms with E-state index in [4.69, 9.17) is 18.6 Å². The number of rotatable bonds is 10. The SMILES string of the molecule is CCOC(=O)c1c(C)oc2nc(Nc3ccc(C)cc3)nc(NNC(=O)COc3ccc(OC)cc3)c12. The third-order valence-electron chi connectivity index (χ3n) is 5.26. The highest BCUT2D eigenvalue weighted by Gasteiger charge is 2.25. The summed E-state index contributed by atoms with van der Waals surface area (Å²) in [4.78, 5) is 34.0. The molecule has 0 aliphatic carbocycles. The Morgan fingerprint density at radius 2 is 1.68 bits per heavy atom.